The number of halogens is 1. The van der Waals surface area contributed by atoms with Gasteiger partial charge in [-0.25, -0.2) is 14.5 Å². The maximum absolute atomic E-state index is 12.6. The van der Waals surface area contributed by atoms with Gasteiger partial charge in [0.1, 0.15) is 0 Å². The van der Waals surface area contributed by atoms with Crippen molar-refractivity contribution in [1.29, 1.82) is 0 Å². The Bertz CT molecular complexity index is 1270. The highest BCUT2D eigenvalue weighted by Gasteiger charge is 2.15. The van der Waals surface area contributed by atoms with Crippen molar-refractivity contribution in [3.05, 3.63) is 79.3 Å². The van der Waals surface area contributed by atoms with E-state index in [0.29, 0.717) is 22.2 Å². The van der Waals surface area contributed by atoms with Crippen LogP contribution in [0.25, 0.3) is 5.65 Å². The summed E-state index contributed by atoms with van der Waals surface area (Å²) in [7, 11) is 0. The third-order valence-electron chi connectivity index (χ3n) is 4.66. The van der Waals surface area contributed by atoms with Crippen molar-refractivity contribution >= 4 is 39.6 Å². The number of amides is 1. The molecule has 0 fully saturated rings. The maximum Gasteiger partial charge on any atom is 0.266 e. The van der Waals surface area contributed by atoms with Crippen LogP contribution in [0.2, 0.25) is 5.02 Å². The maximum atomic E-state index is 12.6. The first-order chi connectivity index (χ1) is 13.9. The number of benzene rings is 1. The normalized spacial score (nSPS) is 11.1. The monoisotopic (exact) mass is 427 g/mol. The molecule has 0 saturated carbocycles. The van der Waals surface area contributed by atoms with E-state index in [4.69, 9.17) is 11.6 Å². The third kappa shape index (κ3) is 4.08. The molecule has 0 aliphatic carbocycles. The average Bonchev–Trinajstić information content (AvgIpc) is 3.26. The standard InChI is InChI=1S/C20H18ClN5O2S/c1-11-15(12(2)26-17(23-11)9-19(28)25-26)8-18(27)24-20-22-10-14(29-20)7-13-5-3-4-6-16(13)21/h3-6,9-10H,7-8H2,1-2H3,(H,25,28)(H,22,24,27). The van der Waals surface area contributed by atoms with Gasteiger partial charge in [0.05, 0.1) is 6.42 Å². The van der Waals surface area contributed by atoms with Crippen LogP contribution in [0.3, 0.4) is 0 Å². The number of rotatable bonds is 5. The number of hydrogen-bond acceptors (Lipinski definition) is 5. The molecular formula is C20H18ClN5O2S. The number of aromatic nitrogens is 4. The zero-order chi connectivity index (χ0) is 20.5. The summed E-state index contributed by atoms with van der Waals surface area (Å²) in [6.45, 7) is 3.68. The van der Waals surface area contributed by atoms with E-state index in [2.05, 4.69) is 20.4 Å². The molecule has 3 heterocycles. The minimum atomic E-state index is -0.226. The van der Waals surface area contributed by atoms with Crippen molar-refractivity contribution < 1.29 is 4.79 Å². The Balaban J connectivity index is 1.48. The van der Waals surface area contributed by atoms with Gasteiger partial charge in [-0.1, -0.05) is 29.8 Å². The minimum Gasteiger partial charge on any atom is -0.302 e. The molecule has 0 bridgehead atoms. The summed E-state index contributed by atoms with van der Waals surface area (Å²) in [5.74, 6) is -0.189. The summed E-state index contributed by atoms with van der Waals surface area (Å²) >= 11 is 7.63. The lowest BCUT2D eigenvalue weighted by molar-refractivity contribution is -0.115. The number of fused-ring (bicyclic) bond motifs is 1. The topological polar surface area (TPSA) is 92.1 Å². The summed E-state index contributed by atoms with van der Waals surface area (Å²) in [5, 5.41) is 6.79. The Morgan fingerprint density at radius 3 is 2.90 bits per heavy atom. The molecule has 148 valence electrons. The molecule has 0 atom stereocenters. The quantitative estimate of drug-likeness (QED) is 0.509. The number of aryl methyl sites for hydroxylation is 2. The molecule has 7 nitrogen and oxygen atoms in total. The summed E-state index contributed by atoms with van der Waals surface area (Å²) in [6, 6.07) is 9.09. The van der Waals surface area contributed by atoms with Gasteiger partial charge in [0, 0.05) is 45.5 Å². The molecule has 1 amide bonds. The Labute approximate surface area is 175 Å². The van der Waals surface area contributed by atoms with Crippen LogP contribution in [-0.4, -0.2) is 25.5 Å². The molecule has 2 N–H and O–H groups in total. The van der Waals surface area contributed by atoms with Gasteiger partial charge in [-0.2, -0.15) is 0 Å². The summed E-state index contributed by atoms with van der Waals surface area (Å²) in [4.78, 5) is 33.9. The first-order valence-electron chi connectivity index (χ1n) is 8.96. The van der Waals surface area contributed by atoms with Gasteiger partial charge in [0.25, 0.3) is 5.56 Å². The Morgan fingerprint density at radius 2 is 2.10 bits per heavy atom. The molecule has 4 rings (SSSR count). The summed E-state index contributed by atoms with van der Waals surface area (Å²) in [5.41, 5.74) is 3.60. The second kappa shape index (κ2) is 7.81. The number of nitrogens with one attached hydrogen (secondary N) is 2. The number of carbonyl (C=O) groups excluding carboxylic acids is 1. The molecular weight excluding hydrogens is 410 g/mol. The number of carbonyl (C=O) groups is 1. The van der Waals surface area contributed by atoms with Gasteiger partial charge >= 0.3 is 0 Å². The highest BCUT2D eigenvalue weighted by atomic mass is 35.5. The number of nitrogens with zero attached hydrogens (tertiary/aromatic N) is 3. The molecule has 0 spiro atoms. The van der Waals surface area contributed by atoms with Crippen molar-refractivity contribution in [2.75, 3.05) is 5.32 Å². The van der Waals surface area contributed by atoms with Crippen molar-refractivity contribution in [3.8, 4) is 0 Å². The van der Waals surface area contributed by atoms with E-state index in [1.165, 1.54) is 17.4 Å². The molecule has 0 radical (unpaired) electrons. The minimum absolute atomic E-state index is 0.139. The Kier molecular flexibility index (Phi) is 5.21. The van der Waals surface area contributed by atoms with Crippen molar-refractivity contribution in [2.45, 2.75) is 26.7 Å². The van der Waals surface area contributed by atoms with Gasteiger partial charge in [0.2, 0.25) is 5.91 Å². The van der Waals surface area contributed by atoms with Gasteiger partial charge < -0.3 is 5.32 Å². The molecule has 0 unspecified atom stereocenters. The van der Waals surface area contributed by atoms with Crippen LogP contribution in [-0.2, 0) is 17.6 Å². The zero-order valence-electron chi connectivity index (χ0n) is 15.8. The van der Waals surface area contributed by atoms with Crippen molar-refractivity contribution in [3.63, 3.8) is 0 Å². The lowest BCUT2D eigenvalue weighted by atomic mass is 10.1. The highest BCUT2D eigenvalue weighted by Crippen LogP contribution is 2.25. The molecule has 0 aliphatic heterocycles. The lowest BCUT2D eigenvalue weighted by Crippen LogP contribution is -2.17. The molecule has 3 aromatic heterocycles. The van der Waals surface area contributed by atoms with E-state index in [1.54, 1.807) is 10.7 Å². The molecule has 0 saturated heterocycles. The number of anilines is 1. The van der Waals surface area contributed by atoms with Crippen LogP contribution in [0.5, 0.6) is 0 Å². The molecule has 29 heavy (non-hydrogen) atoms. The SMILES string of the molecule is Cc1nc2cc(=O)[nH]n2c(C)c1CC(=O)Nc1ncc(Cc2ccccc2Cl)s1. The lowest BCUT2D eigenvalue weighted by Gasteiger charge is -2.11. The fraction of sp³-hybridized carbons (Fsp3) is 0.200. The van der Waals surface area contributed by atoms with Crippen LogP contribution in [0.1, 0.15) is 27.4 Å². The van der Waals surface area contributed by atoms with E-state index >= 15 is 0 Å². The molecule has 9 heteroatoms. The van der Waals surface area contributed by atoms with Crippen LogP contribution in [0.15, 0.2) is 41.3 Å². The third-order valence-corrected chi connectivity index (χ3v) is 5.94. The number of H-pyrrole nitrogens is 1. The number of thiazole rings is 1. The van der Waals surface area contributed by atoms with Crippen molar-refractivity contribution in [1.82, 2.24) is 19.6 Å². The second-order valence-electron chi connectivity index (χ2n) is 6.70. The average molecular weight is 428 g/mol. The van der Waals surface area contributed by atoms with Gasteiger partial charge in [-0.15, -0.1) is 11.3 Å². The van der Waals surface area contributed by atoms with Crippen LogP contribution >= 0.6 is 22.9 Å². The second-order valence-corrected chi connectivity index (χ2v) is 8.22. The van der Waals surface area contributed by atoms with Crippen LogP contribution < -0.4 is 10.9 Å². The van der Waals surface area contributed by atoms with Gasteiger partial charge in [-0.05, 0) is 25.5 Å². The predicted molar refractivity (Wildman–Crippen MR) is 114 cm³/mol. The summed E-state index contributed by atoms with van der Waals surface area (Å²) < 4.78 is 1.60. The van der Waals surface area contributed by atoms with Crippen molar-refractivity contribution in [2.24, 2.45) is 0 Å². The largest absolute Gasteiger partial charge is 0.302 e. The first-order valence-corrected chi connectivity index (χ1v) is 10.2. The van der Waals surface area contributed by atoms with E-state index in [9.17, 15) is 9.59 Å². The van der Waals surface area contributed by atoms with E-state index < -0.39 is 0 Å². The molecule has 1 aromatic carbocycles. The van der Waals surface area contributed by atoms with E-state index in [0.717, 1.165) is 27.4 Å². The van der Waals surface area contributed by atoms with Gasteiger partial charge in [-0.3, -0.25) is 14.7 Å². The van der Waals surface area contributed by atoms with Crippen LogP contribution in [0.4, 0.5) is 5.13 Å². The predicted octanol–water partition coefficient (Wildman–Crippen LogP) is 3.52. The smallest absolute Gasteiger partial charge is 0.266 e. The fourth-order valence-corrected chi connectivity index (χ4v) is 4.27. The zero-order valence-corrected chi connectivity index (χ0v) is 17.4. The Morgan fingerprint density at radius 1 is 1.31 bits per heavy atom. The number of aromatic amines is 1. The molecule has 4 aromatic rings. The summed E-state index contributed by atoms with van der Waals surface area (Å²) in [6.07, 6.45) is 2.55. The fourth-order valence-electron chi connectivity index (χ4n) is 3.21. The Hall–Kier alpha value is -2.97. The number of hydrogen-bond donors (Lipinski definition) is 2. The first kappa shape index (κ1) is 19.4. The molecule has 0 aliphatic rings. The van der Waals surface area contributed by atoms with E-state index in [1.807, 2.05) is 38.1 Å². The van der Waals surface area contributed by atoms with Gasteiger partial charge in [0.15, 0.2) is 10.8 Å². The van der Waals surface area contributed by atoms with Crippen LogP contribution in [0, 0.1) is 13.8 Å². The van der Waals surface area contributed by atoms with E-state index in [-0.39, 0.29) is 17.9 Å². The highest BCUT2D eigenvalue weighted by molar-refractivity contribution is 7.15.